The third kappa shape index (κ3) is 6.32. The van der Waals surface area contributed by atoms with Gasteiger partial charge < -0.3 is 23.7 Å². The van der Waals surface area contributed by atoms with Gasteiger partial charge in [0.2, 0.25) is 0 Å². The van der Waals surface area contributed by atoms with Gasteiger partial charge in [-0.2, -0.15) is 0 Å². The van der Waals surface area contributed by atoms with Gasteiger partial charge in [0, 0.05) is 26.1 Å². The van der Waals surface area contributed by atoms with Crippen molar-refractivity contribution in [2.24, 2.45) is 11.3 Å². The van der Waals surface area contributed by atoms with Gasteiger partial charge in [-0.1, -0.05) is 26.2 Å². The van der Waals surface area contributed by atoms with Crippen LogP contribution in [0, 0.1) is 11.3 Å². The van der Waals surface area contributed by atoms with Crippen LogP contribution < -0.4 is 0 Å². The van der Waals surface area contributed by atoms with E-state index in [1.807, 2.05) is 0 Å². The minimum absolute atomic E-state index is 0.0337. The van der Waals surface area contributed by atoms with Gasteiger partial charge in [0.15, 0.2) is 0 Å². The van der Waals surface area contributed by atoms with Crippen LogP contribution in [0.15, 0.2) is 0 Å². The number of carbonyl (C=O) groups excluding carboxylic acids is 1. The lowest BCUT2D eigenvalue weighted by molar-refractivity contribution is -0.145. The molecule has 1 rings (SSSR count). The monoisotopic (exact) mass is 316 g/mol. The van der Waals surface area contributed by atoms with Crippen molar-refractivity contribution in [1.29, 1.82) is 0 Å². The van der Waals surface area contributed by atoms with Gasteiger partial charge in [0.05, 0.1) is 12.7 Å². The normalized spacial score (nSPS) is 20.5. The molecule has 1 saturated carbocycles. The highest BCUT2D eigenvalue weighted by Crippen LogP contribution is 2.45. The molecule has 130 valence electrons. The lowest BCUT2D eigenvalue weighted by Gasteiger charge is -2.43. The fourth-order valence-corrected chi connectivity index (χ4v) is 3.49. The van der Waals surface area contributed by atoms with E-state index < -0.39 is 0 Å². The largest absolute Gasteiger partial charge is 0.359 e. The number of ether oxygens (including phenoxy) is 4. The fourth-order valence-electron chi connectivity index (χ4n) is 3.49. The number of carbonyl (C=O) groups is 1. The Kier molecular flexibility index (Phi) is 9.87. The lowest BCUT2D eigenvalue weighted by Crippen LogP contribution is -2.41. The fraction of sp³-hybridized carbons (Fsp3) is 0.941. The van der Waals surface area contributed by atoms with E-state index >= 15 is 0 Å². The van der Waals surface area contributed by atoms with Crippen molar-refractivity contribution < 1.29 is 23.7 Å². The molecule has 0 spiro atoms. The van der Waals surface area contributed by atoms with Crippen molar-refractivity contribution in [3.8, 4) is 0 Å². The second kappa shape index (κ2) is 11.1. The van der Waals surface area contributed by atoms with Crippen LogP contribution in [0.25, 0.3) is 0 Å². The molecule has 1 aliphatic rings. The van der Waals surface area contributed by atoms with Gasteiger partial charge in [-0.3, -0.25) is 0 Å². The maximum atomic E-state index is 11.2. The summed E-state index contributed by atoms with van der Waals surface area (Å²) < 4.78 is 21.5. The average Bonchev–Trinajstić information content (AvgIpc) is 2.53. The molecule has 0 N–H and O–H groups in total. The molecule has 1 aliphatic carbocycles. The van der Waals surface area contributed by atoms with Crippen LogP contribution in [0.2, 0.25) is 0 Å². The standard InChI is InChI=1S/C17H32O5/c1-15(12-21-13-19-2)11-16(22-14-20-3)17(9-10-18)7-5-4-6-8-17/h10,15-16H,4-9,11-14H2,1-3H3. The molecule has 2 atom stereocenters. The summed E-state index contributed by atoms with van der Waals surface area (Å²) in [5.74, 6) is 0.349. The molecule has 0 amide bonds. The average molecular weight is 316 g/mol. The first-order valence-electron chi connectivity index (χ1n) is 8.29. The van der Waals surface area contributed by atoms with Crippen LogP contribution in [0.4, 0.5) is 0 Å². The zero-order valence-electron chi connectivity index (χ0n) is 14.3. The SMILES string of the molecule is COCOCC(C)CC(OCOC)C1(CC=O)CCCCC1. The highest BCUT2D eigenvalue weighted by molar-refractivity contribution is 5.51. The molecule has 0 aromatic heterocycles. The Morgan fingerprint density at radius 1 is 1.09 bits per heavy atom. The summed E-state index contributed by atoms with van der Waals surface area (Å²) in [7, 11) is 3.26. The minimum atomic E-state index is -0.0337. The molecule has 0 heterocycles. The first-order chi connectivity index (χ1) is 10.7. The molecule has 5 heteroatoms. The Morgan fingerprint density at radius 2 is 1.77 bits per heavy atom. The van der Waals surface area contributed by atoms with Gasteiger partial charge in [-0.25, -0.2) is 0 Å². The summed E-state index contributed by atoms with van der Waals surface area (Å²) >= 11 is 0. The van der Waals surface area contributed by atoms with E-state index in [2.05, 4.69) is 6.92 Å². The molecule has 2 unspecified atom stereocenters. The molecule has 0 radical (unpaired) electrons. The molecule has 22 heavy (non-hydrogen) atoms. The Balaban J connectivity index is 2.68. The first kappa shape index (κ1) is 19.6. The third-order valence-corrected chi connectivity index (χ3v) is 4.63. The van der Waals surface area contributed by atoms with E-state index in [0.717, 1.165) is 25.5 Å². The number of rotatable bonds is 12. The van der Waals surface area contributed by atoms with Crippen molar-refractivity contribution in [2.75, 3.05) is 34.4 Å². The Bertz CT molecular complexity index is 289. The van der Waals surface area contributed by atoms with E-state index in [-0.39, 0.29) is 18.3 Å². The summed E-state index contributed by atoms with van der Waals surface area (Å²) in [5, 5.41) is 0. The van der Waals surface area contributed by atoms with Crippen LogP contribution in [0.1, 0.15) is 51.9 Å². The van der Waals surface area contributed by atoms with Gasteiger partial charge in [-0.05, 0) is 25.2 Å². The Hall–Kier alpha value is -0.490. The second-order valence-electron chi connectivity index (χ2n) is 6.47. The second-order valence-corrected chi connectivity index (χ2v) is 6.47. The van der Waals surface area contributed by atoms with Gasteiger partial charge in [0.25, 0.3) is 0 Å². The molecule has 5 nitrogen and oxygen atoms in total. The van der Waals surface area contributed by atoms with Gasteiger partial charge in [0.1, 0.15) is 19.9 Å². The molecule has 0 aromatic carbocycles. The van der Waals surface area contributed by atoms with Crippen LogP contribution in [0.3, 0.4) is 0 Å². The van der Waals surface area contributed by atoms with E-state index in [1.54, 1.807) is 14.2 Å². The Labute approximate surface area is 134 Å². The summed E-state index contributed by atoms with van der Waals surface area (Å²) in [4.78, 5) is 11.2. The summed E-state index contributed by atoms with van der Waals surface area (Å²) in [6.45, 7) is 3.37. The van der Waals surface area contributed by atoms with E-state index in [9.17, 15) is 4.79 Å². The number of aldehydes is 1. The topological polar surface area (TPSA) is 54.0 Å². The van der Waals surface area contributed by atoms with E-state index in [1.165, 1.54) is 19.3 Å². The third-order valence-electron chi connectivity index (χ3n) is 4.63. The maximum absolute atomic E-state index is 11.2. The molecule has 1 fully saturated rings. The molecule has 0 saturated heterocycles. The van der Waals surface area contributed by atoms with Crippen LogP contribution in [0.5, 0.6) is 0 Å². The number of methoxy groups -OCH3 is 2. The summed E-state index contributed by atoms with van der Waals surface area (Å²) in [6, 6.07) is 0. The van der Waals surface area contributed by atoms with Gasteiger partial charge in [-0.15, -0.1) is 0 Å². The van der Waals surface area contributed by atoms with Crippen LogP contribution in [-0.4, -0.2) is 46.8 Å². The van der Waals surface area contributed by atoms with Crippen LogP contribution >= 0.6 is 0 Å². The molecule has 0 aliphatic heterocycles. The van der Waals surface area contributed by atoms with Crippen molar-refractivity contribution in [1.82, 2.24) is 0 Å². The van der Waals surface area contributed by atoms with Crippen LogP contribution in [-0.2, 0) is 23.7 Å². The zero-order valence-corrected chi connectivity index (χ0v) is 14.3. The zero-order chi connectivity index (χ0) is 16.3. The molecular weight excluding hydrogens is 284 g/mol. The van der Waals surface area contributed by atoms with E-state index in [4.69, 9.17) is 18.9 Å². The van der Waals surface area contributed by atoms with Gasteiger partial charge >= 0.3 is 0 Å². The van der Waals surface area contributed by atoms with Crippen molar-refractivity contribution in [3.05, 3.63) is 0 Å². The van der Waals surface area contributed by atoms with Crippen molar-refractivity contribution in [2.45, 2.75) is 58.0 Å². The highest BCUT2D eigenvalue weighted by Gasteiger charge is 2.40. The number of hydrogen-bond donors (Lipinski definition) is 0. The molecule has 0 bridgehead atoms. The lowest BCUT2D eigenvalue weighted by atomic mass is 9.66. The first-order valence-corrected chi connectivity index (χ1v) is 8.29. The summed E-state index contributed by atoms with van der Waals surface area (Å²) in [5.41, 5.74) is -0.0337. The van der Waals surface area contributed by atoms with Crippen molar-refractivity contribution >= 4 is 6.29 Å². The Morgan fingerprint density at radius 3 is 2.36 bits per heavy atom. The quantitative estimate of drug-likeness (QED) is 0.314. The minimum Gasteiger partial charge on any atom is -0.359 e. The smallest absolute Gasteiger partial charge is 0.146 e. The summed E-state index contributed by atoms with van der Waals surface area (Å²) in [6.07, 6.45) is 8.28. The predicted octanol–water partition coefficient (Wildman–Crippen LogP) is 3.16. The number of hydrogen-bond acceptors (Lipinski definition) is 5. The molecular formula is C17H32O5. The maximum Gasteiger partial charge on any atom is 0.146 e. The molecule has 0 aromatic rings. The highest BCUT2D eigenvalue weighted by atomic mass is 16.7. The predicted molar refractivity (Wildman–Crippen MR) is 84.6 cm³/mol. The van der Waals surface area contributed by atoms with E-state index in [0.29, 0.717) is 25.7 Å². The van der Waals surface area contributed by atoms with Crippen molar-refractivity contribution in [3.63, 3.8) is 0 Å².